The smallest absolute Gasteiger partial charge is 0.191 e. The molecule has 0 radical (unpaired) electrons. The molecule has 0 saturated heterocycles. The van der Waals surface area contributed by atoms with Gasteiger partial charge in [-0.05, 0) is 43.0 Å². The van der Waals surface area contributed by atoms with Gasteiger partial charge in [0.1, 0.15) is 11.9 Å². The zero-order chi connectivity index (χ0) is 18.2. The summed E-state index contributed by atoms with van der Waals surface area (Å²) in [6.07, 6.45) is 3.93. The van der Waals surface area contributed by atoms with Crippen LogP contribution in [0.1, 0.15) is 25.2 Å². The van der Waals surface area contributed by atoms with Crippen molar-refractivity contribution < 1.29 is 9.52 Å². The van der Waals surface area contributed by atoms with Crippen molar-refractivity contribution >= 4 is 16.9 Å². The first-order valence-corrected chi connectivity index (χ1v) is 9.05. The molecular weight excluding hydrogens is 328 g/mol. The Bertz CT molecular complexity index is 823. The highest BCUT2D eigenvalue weighted by atomic mass is 16.4. The van der Waals surface area contributed by atoms with Gasteiger partial charge >= 0.3 is 0 Å². The number of nitrogens with one attached hydrogen (secondary N) is 2. The number of benzene rings is 1. The van der Waals surface area contributed by atoms with Gasteiger partial charge in [0.25, 0.3) is 0 Å². The fraction of sp³-hybridized carbons (Fsp3) is 0.350. The maximum Gasteiger partial charge on any atom is 0.191 e. The molecule has 0 amide bonds. The number of rotatable bonds is 8. The standard InChI is InChI=1S/C20H26N4O2/c1-2-21-20(23-15-18(25)19-9-5-14-26-19)22-11-6-12-24-13-10-16-7-3-4-8-17(16)24/h3-5,7-10,13-14,18,25H,2,6,11-12,15H2,1H3,(H2,21,22,23). The predicted octanol–water partition coefficient (Wildman–Crippen LogP) is 2.91. The highest BCUT2D eigenvalue weighted by Gasteiger charge is 2.09. The highest BCUT2D eigenvalue weighted by molar-refractivity contribution is 5.80. The van der Waals surface area contributed by atoms with Gasteiger partial charge in [-0.1, -0.05) is 18.2 Å². The van der Waals surface area contributed by atoms with Gasteiger partial charge in [0.2, 0.25) is 0 Å². The minimum Gasteiger partial charge on any atom is -0.467 e. The molecule has 1 unspecified atom stereocenters. The van der Waals surface area contributed by atoms with Crippen molar-refractivity contribution in [1.29, 1.82) is 0 Å². The van der Waals surface area contributed by atoms with Gasteiger partial charge < -0.3 is 24.7 Å². The summed E-state index contributed by atoms with van der Waals surface area (Å²) >= 11 is 0. The number of aliphatic hydroxyl groups is 1. The van der Waals surface area contributed by atoms with Crippen molar-refractivity contribution in [3.8, 4) is 0 Å². The normalized spacial score (nSPS) is 13.1. The number of guanidine groups is 1. The molecule has 0 aliphatic heterocycles. The van der Waals surface area contributed by atoms with Crippen LogP contribution in [0.3, 0.4) is 0 Å². The fourth-order valence-electron chi connectivity index (χ4n) is 2.88. The van der Waals surface area contributed by atoms with E-state index in [9.17, 15) is 5.11 Å². The summed E-state index contributed by atoms with van der Waals surface area (Å²) in [4.78, 5) is 4.43. The molecule has 0 bridgehead atoms. The van der Waals surface area contributed by atoms with E-state index >= 15 is 0 Å². The molecule has 0 aliphatic rings. The summed E-state index contributed by atoms with van der Waals surface area (Å²) in [6, 6.07) is 14.1. The van der Waals surface area contributed by atoms with Crippen molar-refractivity contribution in [2.24, 2.45) is 4.99 Å². The SMILES string of the molecule is CCNC(=NCC(O)c1ccco1)NCCCn1ccc2ccccc21. The Balaban J connectivity index is 1.48. The minimum absolute atomic E-state index is 0.255. The molecule has 0 saturated carbocycles. The van der Waals surface area contributed by atoms with Crippen molar-refractivity contribution in [2.75, 3.05) is 19.6 Å². The Labute approximate surface area is 153 Å². The van der Waals surface area contributed by atoms with Crippen LogP contribution in [0.4, 0.5) is 0 Å². The molecule has 6 heteroatoms. The van der Waals surface area contributed by atoms with Crippen molar-refractivity contribution in [3.63, 3.8) is 0 Å². The lowest BCUT2D eigenvalue weighted by molar-refractivity contribution is 0.158. The molecule has 3 N–H and O–H groups in total. The first kappa shape index (κ1) is 18.1. The van der Waals surface area contributed by atoms with Crippen LogP contribution in [0, 0.1) is 0 Å². The fourth-order valence-corrected chi connectivity index (χ4v) is 2.88. The second-order valence-corrected chi connectivity index (χ2v) is 6.10. The number of nitrogens with zero attached hydrogens (tertiary/aromatic N) is 2. The van der Waals surface area contributed by atoms with Gasteiger partial charge in [-0.3, -0.25) is 4.99 Å². The van der Waals surface area contributed by atoms with Crippen LogP contribution in [0.5, 0.6) is 0 Å². The second-order valence-electron chi connectivity index (χ2n) is 6.10. The number of hydrogen-bond acceptors (Lipinski definition) is 3. The number of aromatic nitrogens is 1. The summed E-state index contributed by atoms with van der Waals surface area (Å²) in [7, 11) is 0. The van der Waals surface area contributed by atoms with E-state index in [1.807, 2.05) is 6.92 Å². The first-order chi connectivity index (χ1) is 12.8. The molecule has 0 fully saturated rings. The van der Waals surface area contributed by atoms with Gasteiger partial charge in [-0.25, -0.2) is 0 Å². The third kappa shape index (κ3) is 4.67. The molecule has 26 heavy (non-hydrogen) atoms. The molecule has 3 rings (SSSR count). The van der Waals surface area contributed by atoms with E-state index in [1.54, 1.807) is 18.4 Å². The molecule has 6 nitrogen and oxygen atoms in total. The van der Waals surface area contributed by atoms with E-state index in [2.05, 4.69) is 56.7 Å². The zero-order valence-electron chi connectivity index (χ0n) is 15.1. The Morgan fingerprint density at radius 2 is 2.08 bits per heavy atom. The Morgan fingerprint density at radius 3 is 2.88 bits per heavy atom. The predicted molar refractivity (Wildman–Crippen MR) is 104 cm³/mol. The molecular formula is C20H26N4O2. The molecule has 1 atom stereocenters. The summed E-state index contributed by atoms with van der Waals surface area (Å²) in [5.74, 6) is 1.24. The molecule has 1 aromatic carbocycles. The van der Waals surface area contributed by atoms with Crippen LogP contribution in [-0.2, 0) is 6.54 Å². The topological polar surface area (TPSA) is 74.7 Å². The largest absolute Gasteiger partial charge is 0.467 e. The lowest BCUT2D eigenvalue weighted by atomic mass is 10.2. The number of aliphatic imine (C=N–C) groups is 1. The van der Waals surface area contributed by atoms with Gasteiger partial charge in [0, 0.05) is 31.3 Å². The molecule has 3 aromatic rings. The van der Waals surface area contributed by atoms with Crippen LogP contribution in [-0.4, -0.2) is 35.3 Å². The van der Waals surface area contributed by atoms with E-state index in [4.69, 9.17) is 4.42 Å². The number of fused-ring (bicyclic) bond motifs is 1. The summed E-state index contributed by atoms with van der Waals surface area (Å²) in [5.41, 5.74) is 1.26. The minimum atomic E-state index is -0.730. The Hall–Kier alpha value is -2.73. The summed E-state index contributed by atoms with van der Waals surface area (Å²) in [6.45, 7) is 4.78. The van der Waals surface area contributed by atoms with Crippen molar-refractivity contribution in [2.45, 2.75) is 26.0 Å². The van der Waals surface area contributed by atoms with Crippen molar-refractivity contribution in [1.82, 2.24) is 15.2 Å². The molecule has 0 spiro atoms. The second kappa shape index (κ2) is 9.10. The van der Waals surface area contributed by atoms with E-state index in [-0.39, 0.29) is 6.54 Å². The van der Waals surface area contributed by atoms with Crippen LogP contribution in [0.15, 0.2) is 64.3 Å². The van der Waals surface area contributed by atoms with Gasteiger partial charge in [-0.2, -0.15) is 0 Å². The van der Waals surface area contributed by atoms with Gasteiger partial charge in [0.15, 0.2) is 5.96 Å². The van der Waals surface area contributed by atoms with Crippen LogP contribution < -0.4 is 10.6 Å². The summed E-state index contributed by atoms with van der Waals surface area (Å²) < 4.78 is 7.47. The third-order valence-electron chi connectivity index (χ3n) is 4.19. The Morgan fingerprint density at radius 1 is 1.19 bits per heavy atom. The lowest BCUT2D eigenvalue weighted by Crippen LogP contribution is -2.38. The average molecular weight is 354 g/mol. The third-order valence-corrected chi connectivity index (χ3v) is 4.19. The molecule has 2 aromatic heterocycles. The van der Waals surface area contributed by atoms with E-state index < -0.39 is 6.10 Å². The van der Waals surface area contributed by atoms with Crippen LogP contribution in [0.2, 0.25) is 0 Å². The number of para-hydroxylation sites is 1. The molecule has 0 aliphatic carbocycles. The van der Waals surface area contributed by atoms with Crippen molar-refractivity contribution in [3.05, 3.63) is 60.7 Å². The van der Waals surface area contributed by atoms with Crippen LogP contribution in [0.25, 0.3) is 10.9 Å². The Kier molecular flexibility index (Phi) is 6.33. The maximum atomic E-state index is 10.1. The highest BCUT2D eigenvalue weighted by Crippen LogP contribution is 2.15. The monoisotopic (exact) mass is 354 g/mol. The average Bonchev–Trinajstić information content (AvgIpc) is 3.33. The zero-order valence-corrected chi connectivity index (χ0v) is 15.1. The van der Waals surface area contributed by atoms with Crippen LogP contribution >= 0.6 is 0 Å². The van der Waals surface area contributed by atoms with E-state index in [0.29, 0.717) is 11.7 Å². The number of aryl methyl sites for hydroxylation is 1. The number of hydrogen-bond donors (Lipinski definition) is 3. The maximum absolute atomic E-state index is 10.1. The summed E-state index contributed by atoms with van der Waals surface area (Å²) in [5, 5.41) is 17.8. The van der Waals surface area contributed by atoms with E-state index in [0.717, 1.165) is 26.1 Å². The van der Waals surface area contributed by atoms with Gasteiger partial charge in [-0.15, -0.1) is 0 Å². The number of aliphatic hydroxyl groups excluding tert-OH is 1. The first-order valence-electron chi connectivity index (χ1n) is 9.05. The quantitative estimate of drug-likeness (QED) is 0.330. The molecule has 2 heterocycles. The van der Waals surface area contributed by atoms with Gasteiger partial charge in [0.05, 0.1) is 12.8 Å². The number of furan rings is 1. The lowest BCUT2D eigenvalue weighted by Gasteiger charge is -2.13. The molecule has 138 valence electrons. The van der Waals surface area contributed by atoms with E-state index in [1.165, 1.54) is 10.9 Å².